The first kappa shape index (κ1) is 16.0. The SMILES string of the molecule is N#C[C@H]1C[C@@H](C(=O)c2cccc([N+](=O)[O-])c2)N2c3ccccc3C=C[C@@H]12. The van der Waals surface area contributed by atoms with E-state index in [9.17, 15) is 20.2 Å². The molecule has 1 fully saturated rings. The molecule has 0 N–H and O–H groups in total. The molecule has 0 aliphatic carbocycles. The Morgan fingerprint density at radius 1 is 1.23 bits per heavy atom. The number of carbonyl (C=O) groups excluding carboxylic acids is 1. The molecule has 6 heteroatoms. The minimum absolute atomic E-state index is 0.110. The summed E-state index contributed by atoms with van der Waals surface area (Å²) in [4.78, 5) is 25.7. The summed E-state index contributed by atoms with van der Waals surface area (Å²) in [6.45, 7) is 0. The molecule has 128 valence electrons. The molecule has 6 nitrogen and oxygen atoms in total. The molecular weight excluding hydrogens is 330 g/mol. The molecule has 0 aromatic heterocycles. The van der Waals surface area contributed by atoms with E-state index in [1.54, 1.807) is 6.07 Å². The van der Waals surface area contributed by atoms with Gasteiger partial charge in [0.15, 0.2) is 5.78 Å². The molecule has 0 saturated carbocycles. The standard InChI is InChI=1S/C20H15N3O3/c21-12-15-11-19(20(24)14-5-3-6-16(10-14)23(25)26)22-17-7-2-1-4-13(17)8-9-18(15)22/h1-10,15,18-19H,11H2/t15-,18+,19+/m1/s1. The van der Waals surface area contributed by atoms with Crippen molar-refractivity contribution in [3.05, 3.63) is 75.8 Å². The lowest BCUT2D eigenvalue weighted by Gasteiger charge is -2.34. The van der Waals surface area contributed by atoms with E-state index in [-0.39, 0.29) is 23.4 Å². The molecule has 0 amide bonds. The van der Waals surface area contributed by atoms with Crippen molar-refractivity contribution in [3.63, 3.8) is 0 Å². The Morgan fingerprint density at radius 2 is 2.04 bits per heavy atom. The highest BCUT2D eigenvalue weighted by Gasteiger charge is 2.45. The van der Waals surface area contributed by atoms with E-state index in [2.05, 4.69) is 6.07 Å². The molecule has 2 aliphatic rings. The summed E-state index contributed by atoms with van der Waals surface area (Å²) in [6, 6.07) is 15.2. The Bertz CT molecular complexity index is 976. The van der Waals surface area contributed by atoms with Crippen LogP contribution in [-0.4, -0.2) is 22.8 Å². The van der Waals surface area contributed by atoms with E-state index in [0.29, 0.717) is 12.0 Å². The Kier molecular flexibility index (Phi) is 3.77. The van der Waals surface area contributed by atoms with Crippen LogP contribution >= 0.6 is 0 Å². The quantitative estimate of drug-likeness (QED) is 0.482. The number of nitriles is 1. The van der Waals surface area contributed by atoms with Gasteiger partial charge in [-0.25, -0.2) is 0 Å². The van der Waals surface area contributed by atoms with Crippen LogP contribution in [-0.2, 0) is 0 Å². The zero-order chi connectivity index (χ0) is 18.3. The van der Waals surface area contributed by atoms with Crippen molar-refractivity contribution in [3.8, 4) is 6.07 Å². The highest BCUT2D eigenvalue weighted by atomic mass is 16.6. The summed E-state index contributed by atoms with van der Waals surface area (Å²) in [5.41, 5.74) is 2.11. The molecule has 3 atom stereocenters. The van der Waals surface area contributed by atoms with Gasteiger partial charge < -0.3 is 4.90 Å². The van der Waals surface area contributed by atoms with Crippen LogP contribution in [0.15, 0.2) is 54.6 Å². The number of Topliss-reactive ketones (excluding diaryl/α,β-unsaturated/α-hetero) is 1. The number of nitrogens with zero attached hydrogens (tertiary/aromatic N) is 3. The number of carbonyl (C=O) groups is 1. The number of rotatable bonds is 3. The number of ketones is 1. The van der Waals surface area contributed by atoms with E-state index in [1.165, 1.54) is 18.2 Å². The maximum atomic E-state index is 13.2. The van der Waals surface area contributed by atoms with E-state index < -0.39 is 11.0 Å². The molecule has 4 rings (SSSR count). The van der Waals surface area contributed by atoms with Crippen LogP contribution in [0.25, 0.3) is 6.08 Å². The molecule has 2 heterocycles. The Balaban J connectivity index is 1.76. The minimum Gasteiger partial charge on any atom is -0.353 e. The van der Waals surface area contributed by atoms with Crippen molar-refractivity contribution in [2.45, 2.75) is 18.5 Å². The number of benzene rings is 2. The van der Waals surface area contributed by atoms with Crippen LogP contribution in [0.1, 0.15) is 22.3 Å². The summed E-state index contributed by atoms with van der Waals surface area (Å²) < 4.78 is 0. The van der Waals surface area contributed by atoms with Crippen molar-refractivity contribution < 1.29 is 9.72 Å². The summed E-state index contributed by atoms with van der Waals surface area (Å²) in [5, 5.41) is 20.5. The highest BCUT2D eigenvalue weighted by molar-refractivity contribution is 6.03. The van der Waals surface area contributed by atoms with Crippen LogP contribution in [0.4, 0.5) is 11.4 Å². The number of fused-ring (bicyclic) bond motifs is 3. The second kappa shape index (κ2) is 6.12. The van der Waals surface area contributed by atoms with E-state index in [1.807, 2.05) is 41.3 Å². The van der Waals surface area contributed by atoms with Crippen LogP contribution in [0.5, 0.6) is 0 Å². The van der Waals surface area contributed by atoms with Crippen molar-refractivity contribution in [1.82, 2.24) is 0 Å². The number of para-hydroxylation sites is 1. The van der Waals surface area contributed by atoms with Crippen LogP contribution in [0.3, 0.4) is 0 Å². The van der Waals surface area contributed by atoms with Gasteiger partial charge in [0.05, 0.1) is 29.0 Å². The minimum atomic E-state index is -0.516. The first-order valence-electron chi connectivity index (χ1n) is 8.34. The second-order valence-corrected chi connectivity index (χ2v) is 6.47. The number of nitro benzene ring substituents is 1. The number of hydrogen-bond donors (Lipinski definition) is 0. The summed E-state index contributed by atoms with van der Waals surface area (Å²) >= 11 is 0. The normalized spacial score (nSPS) is 23.0. The van der Waals surface area contributed by atoms with Crippen molar-refractivity contribution in [1.29, 1.82) is 5.26 Å². The largest absolute Gasteiger partial charge is 0.353 e. The molecule has 2 aromatic carbocycles. The molecule has 0 bridgehead atoms. The summed E-state index contributed by atoms with van der Waals surface area (Å²) in [5.74, 6) is -0.492. The Morgan fingerprint density at radius 3 is 2.81 bits per heavy atom. The smallest absolute Gasteiger partial charge is 0.270 e. The maximum Gasteiger partial charge on any atom is 0.270 e. The lowest BCUT2D eigenvalue weighted by atomic mass is 9.96. The monoisotopic (exact) mass is 345 g/mol. The lowest BCUT2D eigenvalue weighted by Crippen LogP contribution is -2.42. The third kappa shape index (κ3) is 2.45. The fourth-order valence-corrected chi connectivity index (χ4v) is 3.84. The molecular formula is C20H15N3O3. The third-order valence-electron chi connectivity index (χ3n) is 5.04. The van der Waals surface area contributed by atoms with E-state index in [4.69, 9.17) is 0 Å². The molecule has 0 spiro atoms. The predicted octanol–water partition coefficient (Wildman–Crippen LogP) is 3.59. The number of non-ortho nitro benzene ring substituents is 1. The maximum absolute atomic E-state index is 13.2. The zero-order valence-corrected chi connectivity index (χ0v) is 13.8. The molecule has 0 radical (unpaired) electrons. The fraction of sp³-hybridized carbons (Fsp3) is 0.200. The van der Waals surface area contributed by atoms with Crippen molar-refractivity contribution >= 4 is 23.2 Å². The van der Waals surface area contributed by atoms with Gasteiger partial charge >= 0.3 is 0 Å². The van der Waals surface area contributed by atoms with Gasteiger partial charge in [-0.15, -0.1) is 0 Å². The van der Waals surface area contributed by atoms with Crippen molar-refractivity contribution in [2.24, 2.45) is 5.92 Å². The second-order valence-electron chi connectivity index (χ2n) is 6.47. The van der Waals surface area contributed by atoms with Crippen LogP contribution < -0.4 is 4.90 Å². The van der Waals surface area contributed by atoms with Crippen molar-refractivity contribution in [2.75, 3.05) is 4.90 Å². The van der Waals surface area contributed by atoms with Gasteiger partial charge in [-0.3, -0.25) is 14.9 Å². The first-order chi connectivity index (χ1) is 12.6. The van der Waals surface area contributed by atoms with Crippen LogP contribution in [0.2, 0.25) is 0 Å². The molecule has 2 aliphatic heterocycles. The Hall–Kier alpha value is -3.46. The molecule has 26 heavy (non-hydrogen) atoms. The number of hydrogen-bond acceptors (Lipinski definition) is 5. The average Bonchev–Trinajstić information content (AvgIpc) is 3.06. The topological polar surface area (TPSA) is 87.2 Å². The average molecular weight is 345 g/mol. The predicted molar refractivity (Wildman–Crippen MR) is 96.7 cm³/mol. The third-order valence-corrected chi connectivity index (χ3v) is 5.04. The van der Waals surface area contributed by atoms with Crippen LogP contribution in [0, 0.1) is 27.4 Å². The molecule has 1 saturated heterocycles. The first-order valence-corrected chi connectivity index (χ1v) is 8.34. The summed E-state index contributed by atoms with van der Waals surface area (Å²) in [7, 11) is 0. The van der Waals surface area contributed by atoms with E-state index in [0.717, 1.165) is 11.3 Å². The number of nitro groups is 1. The zero-order valence-electron chi connectivity index (χ0n) is 13.8. The van der Waals surface area contributed by atoms with E-state index >= 15 is 0 Å². The van der Waals surface area contributed by atoms with Gasteiger partial charge in [0.1, 0.15) is 0 Å². The van der Waals surface area contributed by atoms with Gasteiger partial charge in [-0.1, -0.05) is 42.5 Å². The summed E-state index contributed by atoms with van der Waals surface area (Å²) in [6.07, 6.45) is 4.36. The molecule has 0 unspecified atom stereocenters. The van der Waals surface area contributed by atoms with Gasteiger partial charge in [0.2, 0.25) is 0 Å². The lowest BCUT2D eigenvalue weighted by molar-refractivity contribution is -0.384. The molecule has 2 aromatic rings. The number of anilines is 1. The van der Waals surface area contributed by atoms with Gasteiger partial charge in [-0.05, 0) is 18.1 Å². The highest BCUT2D eigenvalue weighted by Crippen LogP contribution is 2.41. The van der Waals surface area contributed by atoms with Gasteiger partial charge in [0.25, 0.3) is 5.69 Å². The fourth-order valence-electron chi connectivity index (χ4n) is 3.84. The van der Waals surface area contributed by atoms with Gasteiger partial charge in [0, 0.05) is 23.4 Å². The van der Waals surface area contributed by atoms with Gasteiger partial charge in [-0.2, -0.15) is 5.26 Å². The Labute approximate surface area is 150 Å².